The van der Waals surface area contributed by atoms with Crippen molar-refractivity contribution in [3.8, 4) is 0 Å². The molecule has 6 heteroatoms. The molecule has 0 aliphatic carbocycles. The Morgan fingerprint density at radius 3 is 2.58 bits per heavy atom. The van der Waals surface area contributed by atoms with Crippen LogP contribution in [0.4, 0.5) is 5.82 Å². The summed E-state index contributed by atoms with van der Waals surface area (Å²) in [6, 6.07) is 1.70. The van der Waals surface area contributed by atoms with Gasteiger partial charge in [0.2, 0.25) is 5.91 Å². The first kappa shape index (κ1) is 14.9. The summed E-state index contributed by atoms with van der Waals surface area (Å²) in [5, 5.41) is 12.0. The highest BCUT2D eigenvalue weighted by atomic mass is 16.4. The van der Waals surface area contributed by atoms with Crippen molar-refractivity contribution < 1.29 is 14.7 Å². The van der Waals surface area contributed by atoms with Gasteiger partial charge in [-0.3, -0.25) is 4.79 Å². The van der Waals surface area contributed by atoms with Crippen LogP contribution in [0.3, 0.4) is 0 Å². The monoisotopic (exact) mass is 265 g/mol. The van der Waals surface area contributed by atoms with Gasteiger partial charge in [0, 0.05) is 19.3 Å². The summed E-state index contributed by atoms with van der Waals surface area (Å²) in [7, 11) is 1.69. The third-order valence-electron chi connectivity index (χ3n) is 2.87. The molecule has 1 aromatic heterocycles. The Hall–Kier alpha value is -2.11. The fourth-order valence-corrected chi connectivity index (χ4v) is 1.71. The number of carboxylic acid groups (broad SMARTS) is 1. The highest BCUT2D eigenvalue weighted by Gasteiger charge is 2.16. The number of aromatic nitrogens is 1. The third-order valence-corrected chi connectivity index (χ3v) is 2.87. The summed E-state index contributed by atoms with van der Waals surface area (Å²) in [5.41, 5.74) is 1.44. The third kappa shape index (κ3) is 3.67. The van der Waals surface area contributed by atoms with Crippen molar-refractivity contribution >= 4 is 17.7 Å². The summed E-state index contributed by atoms with van der Waals surface area (Å²) in [6.07, 6.45) is 0. The predicted molar refractivity (Wildman–Crippen MR) is 72.5 cm³/mol. The average Bonchev–Trinajstić information content (AvgIpc) is 2.33. The molecule has 0 aliphatic heterocycles. The van der Waals surface area contributed by atoms with Gasteiger partial charge in [-0.15, -0.1) is 0 Å². The topological polar surface area (TPSA) is 82.5 Å². The van der Waals surface area contributed by atoms with E-state index in [4.69, 9.17) is 0 Å². The first-order chi connectivity index (χ1) is 8.86. The largest absolute Gasteiger partial charge is 0.478 e. The molecule has 0 fully saturated rings. The quantitative estimate of drug-likeness (QED) is 0.838. The predicted octanol–water partition coefficient (Wildman–Crippen LogP) is 1.29. The molecule has 0 unspecified atom stereocenters. The zero-order chi connectivity index (χ0) is 14.6. The van der Waals surface area contributed by atoms with E-state index in [1.54, 1.807) is 31.9 Å². The minimum atomic E-state index is -1.05. The van der Waals surface area contributed by atoms with Crippen LogP contribution in [-0.2, 0) is 4.79 Å². The number of carbonyl (C=O) groups is 2. The molecule has 6 nitrogen and oxygen atoms in total. The van der Waals surface area contributed by atoms with E-state index in [-0.39, 0.29) is 23.8 Å². The minimum Gasteiger partial charge on any atom is -0.478 e. The number of rotatable bonds is 5. The first-order valence-electron chi connectivity index (χ1n) is 6.06. The molecule has 19 heavy (non-hydrogen) atoms. The van der Waals surface area contributed by atoms with Crippen LogP contribution < -0.4 is 5.32 Å². The number of pyridine rings is 1. The van der Waals surface area contributed by atoms with Crippen molar-refractivity contribution in [3.63, 3.8) is 0 Å². The first-order valence-corrected chi connectivity index (χ1v) is 6.06. The Bertz CT molecular complexity index is 500. The summed E-state index contributed by atoms with van der Waals surface area (Å²) in [4.78, 5) is 28.6. The number of carboxylic acids is 1. The molecule has 0 aromatic carbocycles. The Morgan fingerprint density at radius 1 is 1.42 bits per heavy atom. The van der Waals surface area contributed by atoms with Gasteiger partial charge in [0.05, 0.1) is 6.54 Å². The SMILES string of the molecule is CCN(C)C(=O)CNc1nc(C)cc(C)c1C(=O)O. The molecule has 0 bridgehead atoms. The lowest BCUT2D eigenvalue weighted by Gasteiger charge is -2.16. The van der Waals surface area contributed by atoms with Gasteiger partial charge in [-0.1, -0.05) is 0 Å². The Morgan fingerprint density at radius 2 is 2.05 bits per heavy atom. The molecule has 104 valence electrons. The van der Waals surface area contributed by atoms with Gasteiger partial charge in [-0.2, -0.15) is 0 Å². The molecular formula is C13H19N3O3. The summed E-state index contributed by atoms with van der Waals surface area (Å²) < 4.78 is 0. The number of nitrogens with one attached hydrogen (secondary N) is 1. The van der Waals surface area contributed by atoms with Crippen molar-refractivity contribution in [1.29, 1.82) is 0 Å². The van der Waals surface area contributed by atoms with Gasteiger partial charge < -0.3 is 15.3 Å². The molecule has 1 heterocycles. The fourth-order valence-electron chi connectivity index (χ4n) is 1.71. The zero-order valence-corrected chi connectivity index (χ0v) is 11.6. The van der Waals surface area contributed by atoms with Crippen LogP contribution in [-0.4, -0.2) is 47.0 Å². The Kier molecular flexibility index (Phi) is 4.86. The van der Waals surface area contributed by atoms with Crippen LogP contribution in [0.5, 0.6) is 0 Å². The number of amides is 1. The van der Waals surface area contributed by atoms with E-state index in [0.717, 1.165) is 0 Å². The van der Waals surface area contributed by atoms with E-state index in [1.165, 1.54) is 0 Å². The van der Waals surface area contributed by atoms with Crippen LogP contribution >= 0.6 is 0 Å². The highest BCUT2D eigenvalue weighted by Crippen LogP contribution is 2.18. The van der Waals surface area contributed by atoms with E-state index in [1.807, 2.05) is 6.92 Å². The van der Waals surface area contributed by atoms with E-state index < -0.39 is 5.97 Å². The standard InChI is InChI=1S/C13H19N3O3/c1-5-16(4)10(17)7-14-12-11(13(18)19)8(2)6-9(3)15-12/h6H,5,7H2,1-4H3,(H,14,15)(H,18,19). The number of nitrogens with zero attached hydrogens (tertiary/aromatic N) is 2. The number of hydrogen-bond acceptors (Lipinski definition) is 4. The summed E-state index contributed by atoms with van der Waals surface area (Å²) >= 11 is 0. The number of likely N-dealkylation sites (N-methyl/N-ethyl adjacent to an activating group) is 1. The van der Waals surface area contributed by atoms with Gasteiger partial charge >= 0.3 is 5.97 Å². The minimum absolute atomic E-state index is 0.0283. The number of anilines is 1. The maximum Gasteiger partial charge on any atom is 0.339 e. The number of carbonyl (C=O) groups excluding carboxylic acids is 1. The number of aryl methyl sites for hydroxylation is 2. The van der Waals surface area contributed by atoms with E-state index >= 15 is 0 Å². The van der Waals surface area contributed by atoms with Crippen molar-refractivity contribution in [2.45, 2.75) is 20.8 Å². The van der Waals surface area contributed by atoms with Gasteiger partial charge in [0.25, 0.3) is 0 Å². The van der Waals surface area contributed by atoms with Crippen LogP contribution in [0.2, 0.25) is 0 Å². The van der Waals surface area contributed by atoms with Crippen LogP contribution in [0.25, 0.3) is 0 Å². The van der Waals surface area contributed by atoms with Gasteiger partial charge in [0.1, 0.15) is 11.4 Å². The second-order valence-corrected chi connectivity index (χ2v) is 4.37. The maximum atomic E-state index is 11.7. The van der Waals surface area contributed by atoms with Crippen LogP contribution in [0, 0.1) is 13.8 Å². The Balaban J connectivity index is 2.94. The lowest BCUT2D eigenvalue weighted by atomic mass is 10.1. The maximum absolute atomic E-state index is 11.7. The molecular weight excluding hydrogens is 246 g/mol. The van der Waals surface area contributed by atoms with E-state index in [0.29, 0.717) is 17.8 Å². The molecule has 1 amide bonds. The van der Waals surface area contributed by atoms with Gasteiger partial charge in [0.15, 0.2) is 0 Å². The second kappa shape index (κ2) is 6.17. The summed E-state index contributed by atoms with van der Waals surface area (Å²) in [6.45, 7) is 6.00. The Labute approximate surface area is 112 Å². The summed E-state index contributed by atoms with van der Waals surface area (Å²) in [5.74, 6) is -0.925. The lowest BCUT2D eigenvalue weighted by Crippen LogP contribution is -2.32. The van der Waals surface area contributed by atoms with Crippen molar-refractivity contribution in [1.82, 2.24) is 9.88 Å². The van der Waals surface area contributed by atoms with Gasteiger partial charge in [-0.05, 0) is 32.4 Å². The molecule has 0 radical (unpaired) electrons. The molecule has 0 spiro atoms. The average molecular weight is 265 g/mol. The molecule has 2 N–H and O–H groups in total. The zero-order valence-electron chi connectivity index (χ0n) is 11.6. The van der Waals surface area contributed by atoms with E-state index in [2.05, 4.69) is 10.3 Å². The van der Waals surface area contributed by atoms with Crippen molar-refractivity contribution in [2.24, 2.45) is 0 Å². The molecule has 1 aromatic rings. The number of hydrogen-bond donors (Lipinski definition) is 2. The molecule has 0 saturated heterocycles. The highest BCUT2D eigenvalue weighted by molar-refractivity contribution is 5.95. The van der Waals surface area contributed by atoms with Gasteiger partial charge in [-0.25, -0.2) is 9.78 Å². The van der Waals surface area contributed by atoms with Crippen molar-refractivity contribution in [2.75, 3.05) is 25.5 Å². The number of aromatic carboxylic acids is 1. The second-order valence-electron chi connectivity index (χ2n) is 4.37. The molecule has 0 atom stereocenters. The fraction of sp³-hybridized carbons (Fsp3) is 0.462. The normalized spacial score (nSPS) is 10.1. The van der Waals surface area contributed by atoms with Crippen molar-refractivity contribution in [3.05, 3.63) is 22.9 Å². The van der Waals surface area contributed by atoms with E-state index in [9.17, 15) is 14.7 Å². The van der Waals surface area contributed by atoms with Crippen LogP contribution in [0.1, 0.15) is 28.5 Å². The lowest BCUT2D eigenvalue weighted by molar-refractivity contribution is -0.127. The molecule has 1 rings (SSSR count). The van der Waals surface area contributed by atoms with Crippen LogP contribution in [0.15, 0.2) is 6.07 Å². The molecule has 0 aliphatic rings. The smallest absolute Gasteiger partial charge is 0.339 e. The molecule has 0 saturated carbocycles.